The Morgan fingerprint density at radius 3 is 1.81 bits per heavy atom. The van der Waals surface area contributed by atoms with Crippen molar-refractivity contribution < 1.29 is 14.3 Å². The average Bonchev–Trinajstić information content (AvgIpc) is 2.22. The van der Waals surface area contributed by atoms with Crippen LogP contribution in [0, 0.1) is 5.41 Å². The summed E-state index contributed by atoms with van der Waals surface area (Å²) in [7, 11) is 0. The highest BCUT2D eigenvalue weighted by molar-refractivity contribution is 5.87. The molecule has 94 valence electrons. The number of carbonyl (C=O) groups is 2. The van der Waals surface area contributed by atoms with E-state index in [1.807, 2.05) is 6.92 Å². The van der Waals surface area contributed by atoms with Crippen LogP contribution in [-0.2, 0) is 14.3 Å². The summed E-state index contributed by atoms with van der Waals surface area (Å²) < 4.78 is 4.73. The fourth-order valence-corrected chi connectivity index (χ4v) is 1.72. The summed E-state index contributed by atoms with van der Waals surface area (Å²) in [4.78, 5) is 22.6. The van der Waals surface area contributed by atoms with E-state index in [-0.39, 0.29) is 5.97 Å². The molecule has 0 aliphatic carbocycles. The molecule has 0 bridgehead atoms. The summed E-state index contributed by atoms with van der Waals surface area (Å²) >= 11 is 0. The summed E-state index contributed by atoms with van der Waals surface area (Å²) in [6.07, 6.45) is 5.69. The second-order valence-electron chi connectivity index (χ2n) is 4.65. The Bertz CT molecular complexity index is 225. The molecule has 0 N–H and O–H groups in total. The van der Waals surface area contributed by atoms with E-state index in [0.717, 1.165) is 38.5 Å². The lowest BCUT2D eigenvalue weighted by Crippen LogP contribution is -2.31. The van der Waals surface area contributed by atoms with Crippen LogP contribution in [-0.4, -0.2) is 11.9 Å². The maximum atomic E-state index is 11.8. The van der Waals surface area contributed by atoms with Crippen LogP contribution < -0.4 is 0 Å². The molecule has 0 radical (unpaired) electrons. The summed E-state index contributed by atoms with van der Waals surface area (Å²) in [5.41, 5.74) is -0.488. The van der Waals surface area contributed by atoms with Gasteiger partial charge in [0.15, 0.2) is 0 Å². The van der Waals surface area contributed by atoms with Gasteiger partial charge in [0.05, 0.1) is 5.41 Å². The molecule has 3 heteroatoms. The molecule has 0 atom stereocenters. The lowest BCUT2D eigenvalue weighted by molar-refractivity contribution is -0.166. The lowest BCUT2D eigenvalue weighted by atomic mass is 9.80. The van der Waals surface area contributed by atoms with Crippen molar-refractivity contribution in [2.75, 3.05) is 0 Å². The first-order valence-electron chi connectivity index (χ1n) is 6.19. The molecule has 0 aromatic rings. The van der Waals surface area contributed by atoms with Gasteiger partial charge in [-0.2, -0.15) is 0 Å². The zero-order valence-electron chi connectivity index (χ0n) is 11.0. The van der Waals surface area contributed by atoms with Crippen molar-refractivity contribution in [3.63, 3.8) is 0 Å². The SMILES string of the molecule is CCCCC(C)(CCCC)C(=O)OC(C)=O. The highest BCUT2D eigenvalue weighted by atomic mass is 16.6. The van der Waals surface area contributed by atoms with Gasteiger partial charge in [-0.15, -0.1) is 0 Å². The molecule has 0 amide bonds. The topological polar surface area (TPSA) is 43.4 Å². The summed E-state index contributed by atoms with van der Waals surface area (Å²) in [5, 5.41) is 0. The van der Waals surface area contributed by atoms with E-state index in [4.69, 9.17) is 4.74 Å². The van der Waals surface area contributed by atoms with Crippen LogP contribution >= 0.6 is 0 Å². The maximum absolute atomic E-state index is 11.8. The van der Waals surface area contributed by atoms with E-state index >= 15 is 0 Å². The highest BCUT2D eigenvalue weighted by Gasteiger charge is 2.34. The quantitative estimate of drug-likeness (QED) is 0.495. The van der Waals surface area contributed by atoms with Crippen LogP contribution in [0.5, 0.6) is 0 Å². The second kappa shape index (κ2) is 7.42. The Hall–Kier alpha value is -0.860. The van der Waals surface area contributed by atoms with E-state index in [1.165, 1.54) is 6.92 Å². The van der Waals surface area contributed by atoms with Gasteiger partial charge < -0.3 is 4.74 Å². The number of unbranched alkanes of at least 4 members (excludes halogenated alkanes) is 2. The summed E-state index contributed by atoms with van der Waals surface area (Å²) in [6.45, 7) is 7.37. The minimum atomic E-state index is -0.510. The molecule has 0 fully saturated rings. The predicted octanol–water partition coefficient (Wildman–Crippen LogP) is 3.46. The van der Waals surface area contributed by atoms with Gasteiger partial charge in [-0.3, -0.25) is 9.59 Å². The van der Waals surface area contributed by atoms with Crippen LogP contribution in [0.2, 0.25) is 0 Å². The van der Waals surface area contributed by atoms with Crippen LogP contribution in [0.15, 0.2) is 0 Å². The number of esters is 2. The lowest BCUT2D eigenvalue weighted by Gasteiger charge is -2.26. The van der Waals surface area contributed by atoms with Gasteiger partial charge in [-0.25, -0.2) is 0 Å². The van der Waals surface area contributed by atoms with Gasteiger partial charge in [0, 0.05) is 6.92 Å². The highest BCUT2D eigenvalue weighted by Crippen LogP contribution is 2.32. The number of carbonyl (C=O) groups excluding carboxylic acids is 2. The van der Waals surface area contributed by atoms with Crippen LogP contribution in [0.4, 0.5) is 0 Å². The van der Waals surface area contributed by atoms with Crippen molar-refractivity contribution in [3.05, 3.63) is 0 Å². The first-order chi connectivity index (χ1) is 7.46. The Morgan fingerprint density at radius 2 is 1.50 bits per heavy atom. The van der Waals surface area contributed by atoms with Gasteiger partial charge in [-0.05, 0) is 19.8 Å². The maximum Gasteiger partial charge on any atom is 0.319 e. The second-order valence-corrected chi connectivity index (χ2v) is 4.65. The van der Waals surface area contributed by atoms with Crippen molar-refractivity contribution in [1.82, 2.24) is 0 Å². The Labute approximate surface area is 98.6 Å². The van der Waals surface area contributed by atoms with E-state index in [2.05, 4.69) is 13.8 Å². The molecule has 16 heavy (non-hydrogen) atoms. The van der Waals surface area contributed by atoms with Crippen LogP contribution in [0.25, 0.3) is 0 Å². The molecule has 3 nitrogen and oxygen atoms in total. The molecule has 0 aromatic carbocycles. The fraction of sp³-hybridized carbons (Fsp3) is 0.846. The van der Waals surface area contributed by atoms with Gasteiger partial charge in [0.2, 0.25) is 0 Å². The first-order valence-corrected chi connectivity index (χ1v) is 6.19. The van der Waals surface area contributed by atoms with Gasteiger partial charge in [-0.1, -0.05) is 39.5 Å². The molecule has 0 aliphatic rings. The number of hydrogen-bond donors (Lipinski definition) is 0. The molecule has 0 rings (SSSR count). The first kappa shape index (κ1) is 15.1. The largest absolute Gasteiger partial charge is 0.393 e. The fourth-order valence-electron chi connectivity index (χ4n) is 1.72. The minimum absolute atomic E-state index is 0.359. The van der Waals surface area contributed by atoms with Crippen molar-refractivity contribution in [2.45, 2.75) is 66.2 Å². The zero-order chi connectivity index (χ0) is 12.6. The molecular formula is C13H24O3. The standard InChI is InChI=1S/C13H24O3/c1-5-7-9-13(4,10-8-6-2)12(15)16-11(3)14/h5-10H2,1-4H3. The Balaban J connectivity index is 4.48. The van der Waals surface area contributed by atoms with Gasteiger partial charge in [0.25, 0.3) is 0 Å². The van der Waals surface area contributed by atoms with Gasteiger partial charge in [0.1, 0.15) is 0 Å². The Morgan fingerprint density at radius 1 is 1.06 bits per heavy atom. The minimum Gasteiger partial charge on any atom is -0.393 e. The van der Waals surface area contributed by atoms with E-state index < -0.39 is 11.4 Å². The average molecular weight is 228 g/mol. The summed E-state index contributed by atoms with van der Waals surface area (Å²) in [6, 6.07) is 0. The molecular weight excluding hydrogens is 204 g/mol. The molecule has 0 aromatic heterocycles. The number of hydrogen-bond acceptors (Lipinski definition) is 3. The smallest absolute Gasteiger partial charge is 0.319 e. The van der Waals surface area contributed by atoms with Crippen molar-refractivity contribution in [1.29, 1.82) is 0 Å². The normalized spacial score (nSPS) is 11.2. The van der Waals surface area contributed by atoms with Crippen molar-refractivity contribution >= 4 is 11.9 Å². The number of ether oxygens (including phenoxy) is 1. The van der Waals surface area contributed by atoms with Gasteiger partial charge >= 0.3 is 11.9 Å². The molecule has 0 saturated heterocycles. The molecule has 0 spiro atoms. The number of rotatable bonds is 7. The monoisotopic (exact) mass is 228 g/mol. The third kappa shape index (κ3) is 5.29. The van der Waals surface area contributed by atoms with E-state index in [1.54, 1.807) is 0 Å². The van der Waals surface area contributed by atoms with Crippen LogP contribution in [0.1, 0.15) is 66.2 Å². The summed E-state index contributed by atoms with van der Waals surface area (Å²) in [5.74, 6) is -0.869. The van der Waals surface area contributed by atoms with Crippen molar-refractivity contribution in [3.8, 4) is 0 Å². The van der Waals surface area contributed by atoms with E-state index in [0.29, 0.717) is 0 Å². The zero-order valence-corrected chi connectivity index (χ0v) is 11.0. The molecule has 0 aliphatic heterocycles. The molecule has 0 saturated carbocycles. The third-order valence-corrected chi connectivity index (χ3v) is 2.89. The predicted molar refractivity (Wildman–Crippen MR) is 63.9 cm³/mol. The molecule has 0 heterocycles. The van der Waals surface area contributed by atoms with Crippen LogP contribution in [0.3, 0.4) is 0 Å². The molecule has 0 unspecified atom stereocenters. The van der Waals surface area contributed by atoms with E-state index in [9.17, 15) is 9.59 Å². The third-order valence-electron chi connectivity index (χ3n) is 2.89. The van der Waals surface area contributed by atoms with Crippen molar-refractivity contribution in [2.24, 2.45) is 5.41 Å². The Kier molecular flexibility index (Phi) is 7.02.